The van der Waals surface area contributed by atoms with Gasteiger partial charge in [0.2, 0.25) is 0 Å². The zero-order chi connectivity index (χ0) is 12.5. The number of hydrogen-bond donors (Lipinski definition) is 1. The monoisotopic (exact) mass is 244 g/mol. The van der Waals surface area contributed by atoms with Crippen LogP contribution in [0.25, 0.3) is 11.4 Å². The molecule has 4 heteroatoms. The summed E-state index contributed by atoms with van der Waals surface area (Å²) in [5.41, 5.74) is 2.15. The third-order valence-electron chi connectivity index (χ3n) is 3.41. The van der Waals surface area contributed by atoms with E-state index in [1.165, 1.54) is 5.69 Å². The Kier molecular flexibility index (Phi) is 2.80. The van der Waals surface area contributed by atoms with E-state index in [4.69, 9.17) is 4.74 Å². The Hall–Kier alpha value is -1.81. The van der Waals surface area contributed by atoms with E-state index in [0.717, 1.165) is 30.0 Å². The Bertz CT molecular complexity index is 563. The van der Waals surface area contributed by atoms with Crippen molar-refractivity contribution in [3.05, 3.63) is 36.2 Å². The van der Waals surface area contributed by atoms with Gasteiger partial charge in [-0.2, -0.15) is 0 Å². The molecule has 1 N–H and O–H groups in total. The highest BCUT2D eigenvalue weighted by molar-refractivity contribution is 5.65. The van der Waals surface area contributed by atoms with E-state index < -0.39 is 0 Å². The topological polar surface area (TPSA) is 47.3 Å². The highest BCUT2D eigenvalue weighted by Crippen LogP contribution is 2.31. The number of aliphatic hydroxyl groups excluding tert-OH is 1. The van der Waals surface area contributed by atoms with E-state index in [2.05, 4.69) is 9.55 Å². The fourth-order valence-corrected chi connectivity index (χ4v) is 2.48. The van der Waals surface area contributed by atoms with Gasteiger partial charge in [-0.15, -0.1) is 0 Å². The van der Waals surface area contributed by atoms with Gasteiger partial charge in [-0.05, 0) is 25.0 Å². The summed E-state index contributed by atoms with van der Waals surface area (Å²) in [6, 6.07) is 7.83. The van der Waals surface area contributed by atoms with E-state index in [1.807, 2.05) is 30.5 Å². The predicted molar refractivity (Wildman–Crippen MR) is 68.5 cm³/mol. The van der Waals surface area contributed by atoms with Crippen LogP contribution in [-0.4, -0.2) is 27.9 Å². The molecule has 0 fully saturated rings. The number of aryl methyl sites for hydroxylation is 1. The molecule has 2 aromatic rings. The molecule has 0 amide bonds. The van der Waals surface area contributed by atoms with Crippen LogP contribution in [0.1, 0.15) is 12.1 Å². The van der Waals surface area contributed by atoms with Gasteiger partial charge in [0.1, 0.15) is 11.6 Å². The zero-order valence-electron chi connectivity index (χ0n) is 10.3. The maximum absolute atomic E-state index is 9.79. The Morgan fingerprint density at radius 1 is 1.39 bits per heavy atom. The summed E-state index contributed by atoms with van der Waals surface area (Å²) in [5.74, 6) is 1.69. The number of methoxy groups -OCH3 is 1. The van der Waals surface area contributed by atoms with Gasteiger partial charge >= 0.3 is 0 Å². The molecule has 18 heavy (non-hydrogen) atoms. The van der Waals surface area contributed by atoms with Crippen molar-refractivity contribution in [2.24, 2.45) is 0 Å². The first-order valence-electron chi connectivity index (χ1n) is 6.15. The normalized spacial score (nSPS) is 18.4. The predicted octanol–water partition coefficient (Wildman–Crippen LogP) is 1.87. The summed E-state index contributed by atoms with van der Waals surface area (Å²) < 4.78 is 7.46. The minimum absolute atomic E-state index is 0.278. The molecule has 1 aliphatic heterocycles. The second-order valence-corrected chi connectivity index (χ2v) is 4.58. The van der Waals surface area contributed by atoms with Crippen LogP contribution in [0, 0.1) is 0 Å². The minimum atomic E-state index is -0.278. The lowest BCUT2D eigenvalue weighted by Gasteiger charge is -2.21. The van der Waals surface area contributed by atoms with Crippen LogP contribution in [0.15, 0.2) is 30.5 Å². The standard InChI is InChI=1S/C14H16N2O2/c1-18-13-5-3-2-4-12(13)14-15-8-10-6-7-11(17)9-16(10)14/h2-5,8,11,17H,6-7,9H2,1H3. The van der Waals surface area contributed by atoms with E-state index >= 15 is 0 Å². The van der Waals surface area contributed by atoms with Crippen LogP contribution in [0.4, 0.5) is 0 Å². The first-order chi connectivity index (χ1) is 8.79. The fourth-order valence-electron chi connectivity index (χ4n) is 2.48. The molecular formula is C14H16N2O2. The molecule has 0 spiro atoms. The van der Waals surface area contributed by atoms with Crippen LogP contribution < -0.4 is 4.74 Å². The second-order valence-electron chi connectivity index (χ2n) is 4.58. The lowest BCUT2D eigenvalue weighted by molar-refractivity contribution is 0.132. The zero-order valence-corrected chi connectivity index (χ0v) is 10.3. The molecule has 1 aliphatic rings. The van der Waals surface area contributed by atoms with Gasteiger partial charge in [-0.25, -0.2) is 4.98 Å². The lowest BCUT2D eigenvalue weighted by Crippen LogP contribution is -2.24. The van der Waals surface area contributed by atoms with Crippen LogP contribution in [0.5, 0.6) is 5.75 Å². The summed E-state index contributed by atoms with van der Waals surface area (Å²) >= 11 is 0. The average Bonchev–Trinajstić information content (AvgIpc) is 2.81. The van der Waals surface area contributed by atoms with Gasteiger partial charge in [0, 0.05) is 11.9 Å². The molecule has 1 aromatic carbocycles. The number of nitrogens with zero attached hydrogens (tertiary/aromatic N) is 2. The number of benzene rings is 1. The van der Waals surface area contributed by atoms with Gasteiger partial charge in [0.25, 0.3) is 0 Å². The van der Waals surface area contributed by atoms with Crippen LogP contribution in [0.3, 0.4) is 0 Å². The largest absolute Gasteiger partial charge is 0.496 e. The average molecular weight is 244 g/mol. The van der Waals surface area contributed by atoms with Crippen molar-refractivity contribution >= 4 is 0 Å². The highest BCUT2D eigenvalue weighted by Gasteiger charge is 2.21. The molecule has 0 saturated heterocycles. The van der Waals surface area contributed by atoms with E-state index in [-0.39, 0.29) is 6.10 Å². The smallest absolute Gasteiger partial charge is 0.143 e. The molecule has 0 aliphatic carbocycles. The van der Waals surface area contributed by atoms with Gasteiger partial charge in [0.15, 0.2) is 0 Å². The first kappa shape index (κ1) is 11.3. The minimum Gasteiger partial charge on any atom is -0.496 e. The number of aromatic nitrogens is 2. The molecule has 94 valence electrons. The molecule has 3 rings (SSSR count). The van der Waals surface area contributed by atoms with Crippen molar-refractivity contribution in [1.82, 2.24) is 9.55 Å². The highest BCUT2D eigenvalue weighted by atomic mass is 16.5. The van der Waals surface area contributed by atoms with Crippen LogP contribution in [-0.2, 0) is 13.0 Å². The maximum atomic E-state index is 9.79. The van der Waals surface area contributed by atoms with Crippen molar-refractivity contribution in [3.63, 3.8) is 0 Å². The summed E-state index contributed by atoms with van der Waals surface area (Å²) in [6.07, 6.45) is 3.31. The molecular weight excluding hydrogens is 228 g/mol. The summed E-state index contributed by atoms with van der Waals surface area (Å²) in [4.78, 5) is 4.48. The Labute approximate surface area is 106 Å². The molecule has 2 heterocycles. The van der Waals surface area contributed by atoms with E-state index in [9.17, 15) is 5.11 Å². The molecule has 1 atom stereocenters. The van der Waals surface area contributed by atoms with Gasteiger partial charge in [-0.1, -0.05) is 12.1 Å². The Balaban J connectivity index is 2.10. The number of para-hydroxylation sites is 1. The molecule has 1 aromatic heterocycles. The number of aliphatic hydroxyl groups is 1. The van der Waals surface area contributed by atoms with E-state index in [0.29, 0.717) is 6.54 Å². The van der Waals surface area contributed by atoms with E-state index in [1.54, 1.807) is 7.11 Å². The first-order valence-corrected chi connectivity index (χ1v) is 6.15. The van der Waals surface area contributed by atoms with Gasteiger partial charge in [0.05, 0.1) is 25.3 Å². The lowest BCUT2D eigenvalue weighted by atomic mass is 10.1. The SMILES string of the molecule is COc1ccccc1-c1ncc2n1CC(O)CC2. The number of imidazole rings is 1. The van der Waals surface area contributed by atoms with Crippen LogP contribution >= 0.6 is 0 Å². The number of hydrogen-bond acceptors (Lipinski definition) is 3. The van der Waals surface area contributed by atoms with Crippen molar-refractivity contribution in [2.75, 3.05) is 7.11 Å². The molecule has 4 nitrogen and oxygen atoms in total. The molecule has 1 unspecified atom stereocenters. The fraction of sp³-hybridized carbons (Fsp3) is 0.357. The number of ether oxygens (including phenoxy) is 1. The summed E-state index contributed by atoms with van der Waals surface area (Å²) in [7, 11) is 1.66. The van der Waals surface area contributed by atoms with Crippen LogP contribution in [0.2, 0.25) is 0 Å². The Morgan fingerprint density at radius 3 is 3.06 bits per heavy atom. The third kappa shape index (κ3) is 1.78. The summed E-state index contributed by atoms with van der Waals surface area (Å²) in [5, 5.41) is 9.79. The van der Waals surface area contributed by atoms with Crippen molar-refractivity contribution < 1.29 is 9.84 Å². The van der Waals surface area contributed by atoms with Crippen molar-refractivity contribution in [1.29, 1.82) is 0 Å². The molecule has 0 radical (unpaired) electrons. The quantitative estimate of drug-likeness (QED) is 0.877. The summed E-state index contributed by atoms with van der Waals surface area (Å²) in [6.45, 7) is 0.614. The number of fused-ring (bicyclic) bond motifs is 1. The molecule has 0 saturated carbocycles. The van der Waals surface area contributed by atoms with Gasteiger partial charge in [-0.3, -0.25) is 0 Å². The third-order valence-corrected chi connectivity index (χ3v) is 3.41. The second kappa shape index (κ2) is 4.46. The van der Waals surface area contributed by atoms with Gasteiger partial charge < -0.3 is 14.4 Å². The van der Waals surface area contributed by atoms with Crippen molar-refractivity contribution in [3.8, 4) is 17.1 Å². The Morgan fingerprint density at radius 2 is 2.22 bits per heavy atom. The van der Waals surface area contributed by atoms with Crippen molar-refractivity contribution in [2.45, 2.75) is 25.5 Å². The number of rotatable bonds is 2. The molecule has 0 bridgehead atoms. The maximum Gasteiger partial charge on any atom is 0.143 e.